The monoisotopic (exact) mass is 378 g/mol. The molecular weight excluding hydrogens is 357 g/mol. The molecule has 0 bridgehead atoms. The first kappa shape index (κ1) is 19.4. The van der Waals surface area contributed by atoms with Crippen LogP contribution in [0.1, 0.15) is 41.6 Å². The lowest BCUT2D eigenvalue weighted by Crippen LogP contribution is -2.25. The summed E-state index contributed by atoms with van der Waals surface area (Å²) < 4.78 is 38.6. The topological polar surface area (TPSA) is 62.2 Å². The number of fused-ring (bicyclic) bond motifs is 1. The molecule has 1 aromatic carbocycles. The standard InChI is InChI=1S/C20H21F3N2O2/c21-20(22,23)16-7-5-13(6-8-16)17-4-1-3-14-11-15(12-25-18(14)17)19(27)24-9-2-10-26/h1,3-5,11-12,16,26H,2,6-10H2,(H,24,27)/t16-/m1/s1. The van der Waals surface area contributed by atoms with E-state index in [-0.39, 0.29) is 25.4 Å². The molecule has 1 amide bonds. The quantitative estimate of drug-likeness (QED) is 0.771. The van der Waals surface area contributed by atoms with Gasteiger partial charge in [0.25, 0.3) is 5.91 Å². The molecule has 0 aliphatic heterocycles. The number of aromatic nitrogens is 1. The number of aliphatic hydroxyl groups is 1. The normalized spacial score (nSPS) is 17.6. The summed E-state index contributed by atoms with van der Waals surface area (Å²) in [6, 6.07) is 7.24. The first-order chi connectivity index (χ1) is 12.9. The fourth-order valence-electron chi connectivity index (χ4n) is 3.30. The highest BCUT2D eigenvalue weighted by molar-refractivity contribution is 5.99. The van der Waals surface area contributed by atoms with Crippen molar-refractivity contribution in [3.05, 3.63) is 47.7 Å². The number of benzene rings is 1. The molecule has 0 spiro atoms. The molecule has 0 unspecified atom stereocenters. The van der Waals surface area contributed by atoms with E-state index in [1.807, 2.05) is 18.2 Å². The largest absolute Gasteiger partial charge is 0.396 e. The molecule has 0 radical (unpaired) electrons. The highest BCUT2D eigenvalue weighted by atomic mass is 19.4. The maximum Gasteiger partial charge on any atom is 0.392 e. The minimum atomic E-state index is -4.16. The van der Waals surface area contributed by atoms with E-state index in [1.165, 1.54) is 6.20 Å². The third-order valence-corrected chi connectivity index (χ3v) is 4.81. The van der Waals surface area contributed by atoms with Gasteiger partial charge in [-0.15, -0.1) is 0 Å². The Kier molecular flexibility index (Phi) is 5.79. The van der Waals surface area contributed by atoms with Crippen molar-refractivity contribution in [2.75, 3.05) is 13.2 Å². The zero-order chi connectivity index (χ0) is 19.4. The van der Waals surface area contributed by atoms with Crippen molar-refractivity contribution in [3.63, 3.8) is 0 Å². The number of allylic oxidation sites excluding steroid dienone is 2. The molecule has 1 aromatic heterocycles. The van der Waals surface area contributed by atoms with Gasteiger partial charge in [0.2, 0.25) is 0 Å². The first-order valence-electron chi connectivity index (χ1n) is 8.94. The molecule has 1 aliphatic rings. The van der Waals surface area contributed by atoms with Crippen molar-refractivity contribution in [1.82, 2.24) is 10.3 Å². The number of amides is 1. The van der Waals surface area contributed by atoms with Crippen LogP contribution in [0.4, 0.5) is 13.2 Å². The summed E-state index contributed by atoms with van der Waals surface area (Å²) >= 11 is 0. The van der Waals surface area contributed by atoms with Crippen molar-refractivity contribution < 1.29 is 23.1 Å². The van der Waals surface area contributed by atoms with E-state index >= 15 is 0 Å². The molecule has 0 saturated carbocycles. The van der Waals surface area contributed by atoms with Crippen LogP contribution in [0.3, 0.4) is 0 Å². The van der Waals surface area contributed by atoms with Gasteiger partial charge in [-0.1, -0.05) is 24.3 Å². The van der Waals surface area contributed by atoms with Crippen molar-refractivity contribution in [2.24, 2.45) is 5.92 Å². The van der Waals surface area contributed by atoms with E-state index in [9.17, 15) is 18.0 Å². The number of para-hydroxylation sites is 1. The summed E-state index contributed by atoms with van der Waals surface area (Å²) in [4.78, 5) is 16.5. The predicted molar refractivity (Wildman–Crippen MR) is 97.2 cm³/mol. The number of alkyl halides is 3. The van der Waals surface area contributed by atoms with Crippen LogP contribution in [0.15, 0.2) is 36.5 Å². The Morgan fingerprint density at radius 2 is 2.15 bits per heavy atom. The summed E-state index contributed by atoms with van der Waals surface area (Å²) in [5.74, 6) is -1.55. The predicted octanol–water partition coefficient (Wildman–Crippen LogP) is 4.09. The first-order valence-corrected chi connectivity index (χ1v) is 8.94. The second kappa shape index (κ2) is 8.08. The van der Waals surface area contributed by atoms with E-state index < -0.39 is 12.1 Å². The number of pyridine rings is 1. The van der Waals surface area contributed by atoms with Gasteiger partial charge in [-0.2, -0.15) is 13.2 Å². The third kappa shape index (κ3) is 4.47. The fraction of sp³-hybridized carbons (Fsp3) is 0.400. The second-order valence-corrected chi connectivity index (χ2v) is 6.68. The molecule has 1 aliphatic carbocycles. The van der Waals surface area contributed by atoms with Crippen LogP contribution in [-0.4, -0.2) is 35.3 Å². The van der Waals surface area contributed by atoms with Gasteiger partial charge < -0.3 is 10.4 Å². The van der Waals surface area contributed by atoms with Crippen molar-refractivity contribution >= 4 is 22.4 Å². The minimum absolute atomic E-state index is 0.00389. The smallest absolute Gasteiger partial charge is 0.392 e. The van der Waals surface area contributed by atoms with Crippen molar-refractivity contribution in [2.45, 2.75) is 31.9 Å². The summed E-state index contributed by atoms with van der Waals surface area (Å²) in [5, 5.41) is 12.2. The molecule has 0 saturated heterocycles. The highest BCUT2D eigenvalue weighted by Crippen LogP contribution is 2.40. The maximum atomic E-state index is 12.9. The van der Waals surface area contributed by atoms with Crippen LogP contribution in [-0.2, 0) is 0 Å². The van der Waals surface area contributed by atoms with E-state index in [1.54, 1.807) is 12.1 Å². The average molecular weight is 378 g/mol. The lowest BCUT2D eigenvalue weighted by Gasteiger charge is -2.24. The van der Waals surface area contributed by atoms with Crippen LogP contribution >= 0.6 is 0 Å². The molecule has 1 heterocycles. The Labute approximate surface area is 155 Å². The Morgan fingerprint density at radius 1 is 1.33 bits per heavy atom. The molecule has 2 aromatic rings. The molecule has 144 valence electrons. The van der Waals surface area contributed by atoms with E-state index in [4.69, 9.17) is 5.11 Å². The number of nitrogens with one attached hydrogen (secondary N) is 1. The highest BCUT2D eigenvalue weighted by Gasteiger charge is 2.39. The number of rotatable bonds is 5. The Balaban J connectivity index is 1.84. The van der Waals surface area contributed by atoms with Crippen LogP contribution in [0.5, 0.6) is 0 Å². The third-order valence-electron chi connectivity index (χ3n) is 4.81. The number of halogens is 3. The summed E-state index contributed by atoms with van der Waals surface area (Å²) in [7, 11) is 0. The van der Waals surface area contributed by atoms with Crippen LogP contribution in [0.2, 0.25) is 0 Å². The van der Waals surface area contributed by atoms with Gasteiger partial charge in [-0.3, -0.25) is 9.78 Å². The van der Waals surface area contributed by atoms with Gasteiger partial charge in [0.15, 0.2) is 0 Å². The van der Waals surface area contributed by atoms with Gasteiger partial charge in [0.05, 0.1) is 17.0 Å². The van der Waals surface area contributed by atoms with Crippen LogP contribution in [0.25, 0.3) is 16.5 Å². The maximum absolute atomic E-state index is 12.9. The Bertz CT molecular complexity index is 862. The minimum Gasteiger partial charge on any atom is -0.396 e. The molecule has 1 atom stereocenters. The number of hydrogen-bond donors (Lipinski definition) is 2. The lowest BCUT2D eigenvalue weighted by molar-refractivity contribution is -0.175. The average Bonchev–Trinajstić information content (AvgIpc) is 2.66. The van der Waals surface area contributed by atoms with Gasteiger partial charge in [0, 0.05) is 30.3 Å². The molecule has 3 rings (SSSR count). The number of carbonyl (C=O) groups excluding carboxylic acids is 1. The van der Waals surface area contributed by atoms with Crippen molar-refractivity contribution in [1.29, 1.82) is 0 Å². The zero-order valence-electron chi connectivity index (χ0n) is 14.7. The van der Waals surface area contributed by atoms with E-state index in [0.29, 0.717) is 30.5 Å². The van der Waals surface area contributed by atoms with Crippen molar-refractivity contribution in [3.8, 4) is 0 Å². The molecule has 0 fully saturated rings. The van der Waals surface area contributed by atoms with Gasteiger partial charge in [-0.05, 0) is 37.3 Å². The van der Waals surface area contributed by atoms with Gasteiger partial charge in [0.1, 0.15) is 0 Å². The summed E-state index contributed by atoms with van der Waals surface area (Å²) in [6.07, 6.45) is -0.122. The number of nitrogens with zero attached hydrogens (tertiary/aromatic N) is 1. The Morgan fingerprint density at radius 3 is 2.81 bits per heavy atom. The lowest BCUT2D eigenvalue weighted by atomic mass is 9.85. The Hall–Kier alpha value is -2.41. The summed E-state index contributed by atoms with van der Waals surface area (Å²) in [5.41, 5.74) is 2.78. The molecular formula is C20H21F3N2O2. The zero-order valence-corrected chi connectivity index (χ0v) is 14.7. The van der Waals surface area contributed by atoms with Crippen LogP contribution in [0, 0.1) is 5.92 Å². The van der Waals surface area contributed by atoms with E-state index in [2.05, 4.69) is 10.3 Å². The second-order valence-electron chi connectivity index (χ2n) is 6.68. The summed E-state index contributed by atoms with van der Waals surface area (Å²) in [6.45, 7) is 0.380. The van der Waals surface area contributed by atoms with E-state index in [0.717, 1.165) is 16.5 Å². The fourth-order valence-corrected chi connectivity index (χ4v) is 3.30. The van der Waals surface area contributed by atoms with Gasteiger partial charge in [-0.25, -0.2) is 0 Å². The van der Waals surface area contributed by atoms with Crippen LogP contribution < -0.4 is 5.32 Å². The molecule has 7 heteroatoms. The molecule has 4 nitrogen and oxygen atoms in total. The number of carbonyl (C=O) groups is 1. The molecule has 27 heavy (non-hydrogen) atoms. The SMILES string of the molecule is O=C(NCCCO)c1cnc2c(C3=CC[C@@H](C(F)(F)F)CC3)cccc2c1. The van der Waals surface area contributed by atoms with Gasteiger partial charge >= 0.3 is 6.18 Å². The number of hydrogen-bond acceptors (Lipinski definition) is 3. The molecule has 2 N–H and O–H groups in total. The number of aliphatic hydroxyl groups excluding tert-OH is 1.